The molecule has 5 nitrogen and oxygen atoms in total. The van der Waals surface area contributed by atoms with E-state index < -0.39 is 10.0 Å². The van der Waals surface area contributed by atoms with E-state index in [9.17, 15) is 13.2 Å². The number of sulfonamides is 1. The molecule has 1 aliphatic rings. The second-order valence-electron chi connectivity index (χ2n) is 4.40. The van der Waals surface area contributed by atoms with Gasteiger partial charge in [-0.15, -0.1) is 11.6 Å². The monoisotopic (exact) mass is 268 g/mol. The molecule has 1 heterocycles. The van der Waals surface area contributed by atoms with Gasteiger partial charge in [0.15, 0.2) is 0 Å². The highest BCUT2D eigenvalue weighted by Crippen LogP contribution is 2.23. The summed E-state index contributed by atoms with van der Waals surface area (Å²) in [5, 5.41) is 2.82. The summed E-state index contributed by atoms with van der Waals surface area (Å²) in [6.07, 6.45) is 2.43. The first-order valence-electron chi connectivity index (χ1n) is 5.09. The Kier molecular flexibility index (Phi) is 4.20. The average molecular weight is 269 g/mol. The van der Waals surface area contributed by atoms with Gasteiger partial charge in [-0.3, -0.25) is 4.79 Å². The molecule has 16 heavy (non-hydrogen) atoms. The van der Waals surface area contributed by atoms with Crippen LogP contribution in [0.4, 0.5) is 0 Å². The lowest BCUT2D eigenvalue weighted by Gasteiger charge is -2.38. The summed E-state index contributed by atoms with van der Waals surface area (Å²) in [5.74, 6) is -0.275. The lowest BCUT2D eigenvalue weighted by Crippen LogP contribution is -2.54. The summed E-state index contributed by atoms with van der Waals surface area (Å²) in [4.78, 5) is 11.2. The van der Waals surface area contributed by atoms with E-state index in [0.29, 0.717) is 25.9 Å². The zero-order valence-corrected chi connectivity index (χ0v) is 11.1. The fraction of sp³-hybridized carbons (Fsp3) is 0.889. The highest BCUT2D eigenvalue weighted by atomic mass is 35.5. The molecule has 0 atom stereocenters. The van der Waals surface area contributed by atoms with E-state index in [4.69, 9.17) is 11.6 Å². The van der Waals surface area contributed by atoms with Crippen LogP contribution < -0.4 is 5.32 Å². The smallest absolute Gasteiger partial charge is 0.235 e. The van der Waals surface area contributed by atoms with Crippen LogP contribution in [-0.2, 0) is 14.8 Å². The van der Waals surface area contributed by atoms with Crippen LogP contribution in [0.3, 0.4) is 0 Å². The summed E-state index contributed by atoms with van der Waals surface area (Å²) in [7, 11) is -3.12. The minimum atomic E-state index is -3.12. The average Bonchev–Trinajstić information content (AvgIpc) is 2.16. The number of amides is 1. The predicted octanol–water partition coefficient (Wildman–Crippen LogP) is 0.155. The van der Waals surface area contributed by atoms with Crippen molar-refractivity contribution in [3.05, 3.63) is 0 Å². The first kappa shape index (κ1) is 13.7. The molecule has 0 aromatic rings. The zero-order chi connectivity index (χ0) is 12.4. The molecule has 0 aromatic heterocycles. The van der Waals surface area contributed by atoms with Crippen molar-refractivity contribution in [2.24, 2.45) is 0 Å². The van der Waals surface area contributed by atoms with Crippen LogP contribution in [0, 0.1) is 0 Å². The molecule has 1 amide bonds. The Hall–Kier alpha value is -0.330. The van der Waals surface area contributed by atoms with Crippen LogP contribution in [0.1, 0.15) is 19.8 Å². The van der Waals surface area contributed by atoms with Gasteiger partial charge in [0, 0.05) is 18.6 Å². The third kappa shape index (κ3) is 3.61. The van der Waals surface area contributed by atoms with E-state index in [1.807, 2.05) is 6.92 Å². The number of carbonyl (C=O) groups is 1. The first-order valence-corrected chi connectivity index (χ1v) is 7.47. The van der Waals surface area contributed by atoms with Gasteiger partial charge in [-0.05, 0) is 19.8 Å². The molecule has 94 valence electrons. The molecule has 0 unspecified atom stereocenters. The van der Waals surface area contributed by atoms with Gasteiger partial charge >= 0.3 is 0 Å². The standard InChI is InChI=1S/C9H17ClN2O3S/c1-9(11-8(13)7-10)3-5-12(6-4-9)16(2,14)15/h3-7H2,1-2H3,(H,11,13). The van der Waals surface area contributed by atoms with Crippen molar-refractivity contribution in [2.75, 3.05) is 25.2 Å². The molecule has 7 heteroatoms. The summed E-state index contributed by atoms with van der Waals surface area (Å²) >= 11 is 5.42. The van der Waals surface area contributed by atoms with E-state index in [1.165, 1.54) is 10.6 Å². The van der Waals surface area contributed by atoms with E-state index in [2.05, 4.69) is 5.32 Å². The molecule has 1 fully saturated rings. The summed E-state index contributed by atoms with van der Waals surface area (Å²) in [6, 6.07) is 0. The molecule has 1 saturated heterocycles. The molecule has 0 aliphatic carbocycles. The lowest BCUT2D eigenvalue weighted by atomic mass is 9.90. The van der Waals surface area contributed by atoms with Crippen molar-refractivity contribution >= 4 is 27.5 Å². The number of hydrogen-bond donors (Lipinski definition) is 1. The van der Waals surface area contributed by atoms with Gasteiger partial charge in [0.1, 0.15) is 5.88 Å². The normalized spacial score (nSPS) is 21.7. The minimum Gasteiger partial charge on any atom is -0.350 e. The van der Waals surface area contributed by atoms with Gasteiger partial charge in [0.2, 0.25) is 15.9 Å². The predicted molar refractivity (Wildman–Crippen MR) is 62.9 cm³/mol. The Morgan fingerprint density at radius 2 is 1.94 bits per heavy atom. The largest absolute Gasteiger partial charge is 0.350 e. The van der Waals surface area contributed by atoms with Gasteiger partial charge in [0.05, 0.1) is 6.26 Å². The van der Waals surface area contributed by atoms with Crippen LogP contribution in [0.25, 0.3) is 0 Å². The fourth-order valence-corrected chi connectivity index (χ4v) is 2.72. The van der Waals surface area contributed by atoms with E-state index in [0.717, 1.165) is 0 Å². The Morgan fingerprint density at radius 1 is 1.44 bits per heavy atom. The number of carbonyl (C=O) groups excluding carboxylic acids is 1. The highest BCUT2D eigenvalue weighted by Gasteiger charge is 2.33. The molecule has 0 saturated carbocycles. The summed E-state index contributed by atoms with van der Waals surface area (Å²) < 4.78 is 24.0. The molecular weight excluding hydrogens is 252 g/mol. The van der Waals surface area contributed by atoms with Crippen molar-refractivity contribution in [1.82, 2.24) is 9.62 Å². The van der Waals surface area contributed by atoms with Gasteiger partial charge < -0.3 is 5.32 Å². The Morgan fingerprint density at radius 3 is 2.31 bits per heavy atom. The maximum Gasteiger partial charge on any atom is 0.235 e. The molecule has 1 aliphatic heterocycles. The SMILES string of the molecule is CC1(NC(=O)CCl)CCN(S(C)(=O)=O)CC1. The molecule has 1 N–H and O–H groups in total. The lowest BCUT2D eigenvalue weighted by molar-refractivity contribution is -0.120. The van der Waals surface area contributed by atoms with Crippen LogP contribution in [0.15, 0.2) is 0 Å². The van der Waals surface area contributed by atoms with E-state index >= 15 is 0 Å². The molecule has 0 bridgehead atoms. The minimum absolute atomic E-state index is 0.0641. The number of hydrogen-bond acceptors (Lipinski definition) is 3. The van der Waals surface area contributed by atoms with Gasteiger partial charge in [-0.1, -0.05) is 0 Å². The Bertz CT molecular complexity index is 361. The number of rotatable bonds is 3. The highest BCUT2D eigenvalue weighted by molar-refractivity contribution is 7.88. The molecule has 0 aromatic carbocycles. The van der Waals surface area contributed by atoms with Gasteiger partial charge in [-0.2, -0.15) is 0 Å². The number of halogens is 1. The Balaban J connectivity index is 2.57. The molecular formula is C9H17ClN2O3S. The van der Waals surface area contributed by atoms with Crippen molar-refractivity contribution in [3.8, 4) is 0 Å². The maximum absolute atomic E-state index is 11.3. The van der Waals surface area contributed by atoms with Crippen LogP contribution in [-0.4, -0.2) is 49.4 Å². The van der Waals surface area contributed by atoms with Crippen molar-refractivity contribution < 1.29 is 13.2 Å². The summed E-state index contributed by atoms with van der Waals surface area (Å²) in [5.41, 5.74) is -0.340. The third-order valence-electron chi connectivity index (χ3n) is 2.86. The number of nitrogens with one attached hydrogen (secondary N) is 1. The topological polar surface area (TPSA) is 66.5 Å². The maximum atomic E-state index is 11.3. The van der Waals surface area contributed by atoms with Crippen molar-refractivity contribution in [1.29, 1.82) is 0 Å². The molecule has 0 spiro atoms. The van der Waals surface area contributed by atoms with Gasteiger partial charge in [0.25, 0.3) is 0 Å². The van der Waals surface area contributed by atoms with Crippen molar-refractivity contribution in [2.45, 2.75) is 25.3 Å². The first-order chi connectivity index (χ1) is 7.27. The fourth-order valence-electron chi connectivity index (χ4n) is 1.81. The zero-order valence-electron chi connectivity index (χ0n) is 9.49. The molecule has 1 rings (SSSR count). The second kappa shape index (κ2) is 4.89. The number of alkyl halides is 1. The number of nitrogens with zero attached hydrogens (tertiary/aromatic N) is 1. The van der Waals surface area contributed by atoms with E-state index in [1.54, 1.807) is 0 Å². The second-order valence-corrected chi connectivity index (χ2v) is 6.65. The van der Waals surface area contributed by atoms with E-state index in [-0.39, 0.29) is 17.3 Å². The quantitative estimate of drug-likeness (QED) is 0.742. The van der Waals surface area contributed by atoms with Crippen LogP contribution >= 0.6 is 11.6 Å². The number of piperidine rings is 1. The Labute approximate surface area is 101 Å². The van der Waals surface area contributed by atoms with Crippen LogP contribution in [0.5, 0.6) is 0 Å². The summed E-state index contributed by atoms with van der Waals surface area (Å²) in [6.45, 7) is 2.80. The van der Waals surface area contributed by atoms with Crippen LogP contribution in [0.2, 0.25) is 0 Å². The van der Waals surface area contributed by atoms with Gasteiger partial charge in [-0.25, -0.2) is 12.7 Å². The molecule has 0 radical (unpaired) electrons. The third-order valence-corrected chi connectivity index (χ3v) is 4.40. The van der Waals surface area contributed by atoms with Crippen molar-refractivity contribution in [3.63, 3.8) is 0 Å².